The number of esters is 1. The summed E-state index contributed by atoms with van der Waals surface area (Å²) in [5, 5.41) is 2.41. The van der Waals surface area contributed by atoms with E-state index in [1.807, 2.05) is 0 Å². The van der Waals surface area contributed by atoms with Gasteiger partial charge in [0.1, 0.15) is 11.3 Å². The molecule has 0 spiro atoms. The number of aromatic nitrogens is 3. The number of methoxy groups -OCH3 is 1. The van der Waals surface area contributed by atoms with Crippen molar-refractivity contribution in [1.29, 1.82) is 0 Å². The Morgan fingerprint density at radius 3 is 2.56 bits per heavy atom. The van der Waals surface area contributed by atoms with Crippen LogP contribution in [0.4, 0.5) is 24.8 Å². The van der Waals surface area contributed by atoms with Crippen molar-refractivity contribution < 1.29 is 32.2 Å². The van der Waals surface area contributed by atoms with Crippen molar-refractivity contribution in [3.8, 4) is 11.8 Å². The lowest BCUT2D eigenvalue weighted by Crippen LogP contribution is -2.20. The molecule has 32 heavy (non-hydrogen) atoms. The van der Waals surface area contributed by atoms with Gasteiger partial charge in [0.15, 0.2) is 6.61 Å². The number of halogens is 4. The van der Waals surface area contributed by atoms with Gasteiger partial charge in [0.25, 0.3) is 0 Å². The zero-order valence-electron chi connectivity index (χ0n) is 17.2. The van der Waals surface area contributed by atoms with Crippen LogP contribution in [0, 0.1) is 0 Å². The molecule has 0 unspecified atom stereocenters. The van der Waals surface area contributed by atoms with E-state index in [2.05, 4.69) is 25.0 Å². The Morgan fingerprint density at radius 2 is 1.88 bits per heavy atom. The standard InChI is InChI=1S/C19H23ClF3N5O4/c1-30-15(29)13-7-6-12(10-14(13)31-9-5-3-2-4-8-24)25-17-26-16(20)27-18(28-17)32-11-19(21,22)23/h6-7,10H,2-5,8-9,11,24H2,1H3,(H,25,26,27,28). The summed E-state index contributed by atoms with van der Waals surface area (Å²) >= 11 is 5.75. The van der Waals surface area contributed by atoms with E-state index in [4.69, 9.17) is 26.8 Å². The van der Waals surface area contributed by atoms with Crippen LogP contribution in [-0.2, 0) is 4.74 Å². The summed E-state index contributed by atoms with van der Waals surface area (Å²) in [6, 6.07) is 3.92. The van der Waals surface area contributed by atoms with Gasteiger partial charge in [-0.1, -0.05) is 12.8 Å². The van der Waals surface area contributed by atoms with Gasteiger partial charge in [0.2, 0.25) is 11.2 Å². The maximum absolute atomic E-state index is 12.4. The number of hydrogen-bond donors (Lipinski definition) is 2. The van der Waals surface area contributed by atoms with Gasteiger partial charge in [0.05, 0.1) is 13.7 Å². The summed E-state index contributed by atoms with van der Waals surface area (Å²) in [5.41, 5.74) is 6.07. The Hall–Kier alpha value is -2.86. The highest BCUT2D eigenvalue weighted by molar-refractivity contribution is 6.28. The highest BCUT2D eigenvalue weighted by Crippen LogP contribution is 2.27. The molecule has 2 rings (SSSR count). The van der Waals surface area contributed by atoms with Gasteiger partial charge in [-0.25, -0.2) is 4.79 Å². The molecule has 0 aliphatic rings. The lowest BCUT2D eigenvalue weighted by molar-refractivity contribution is -0.154. The highest BCUT2D eigenvalue weighted by Gasteiger charge is 2.29. The van der Waals surface area contributed by atoms with Crippen LogP contribution in [0.1, 0.15) is 36.0 Å². The van der Waals surface area contributed by atoms with Crippen molar-refractivity contribution >= 4 is 29.2 Å². The molecular formula is C19H23ClF3N5O4. The number of rotatable bonds is 12. The third-order valence-corrected chi connectivity index (χ3v) is 4.12. The van der Waals surface area contributed by atoms with Gasteiger partial charge in [-0.2, -0.15) is 28.1 Å². The number of ether oxygens (including phenoxy) is 3. The summed E-state index contributed by atoms with van der Waals surface area (Å²) in [4.78, 5) is 23.1. The zero-order valence-corrected chi connectivity index (χ0v) is 18.0. The Labute approximate surface area is 187 Å². The number of anilines is 2. The second-order valence-corrected chi connectivity index (χ2v) is 6.83. The molecule has 0 aliphatic heterocycles. The molecule has 3 N–H and O–H groups in total. The van der Waals surface area contributed by atoms with Crippen molar-refractivity contribution in [3.05, 3.63) is 29.0 Å². The predicted molar refractivity (Wildman–Crippen MR) is 110 cm³/mol. The molecule has 0 amide bonds. The van der Waals surface area contributed by atoms with Crippen molar-refractivity contribution in [2.24, 2.45) is 5.73 Å². The molecule has 1 aromatic carbocycles. The van der Waals surface area contributed by atoms with Crippen LogP contribution in [0.5, 0.6) is 11.8 Å². The topological polar surface area (TPSA) is 121 Å². The summed E-state index contributed by atoms with van der Waals surface area (Å²) in [7, 11) is 1.25. The summed E-state index contributed by atoms with van der Waals surface area (Å²) in [6.07, 6.45) is -0.971. The fourth-order valence-electron chi connectivity index (χ4n) is 2.51. The van der Waals surface area contributed by atoms with Crippen LogP contribution in [0.3, 0.4) is 0 Å². The molecular weight excluding hydrogens is 455 g/mol. The minimum Gasteiger partial charge on any atom is -0.493 e. The van der Waals surface area contributed by atoms with E-state index in [0.29, 0.717) is 18.8 Å². The van der Waals surface area contributed by atoms with Crippen molar-refractivity contribution in [2.75, 3.05) is 32.2 Å². The number of carbonyl (C=O) groups excluding carboxylic acids is 1. The first-order valence-electron chi connectivity index (χ1n) is 9.65. The van der Waals surface area contributed by atoms with Gasteiger partial charge in [-0.05, 0) is 43.1 Å². The molecule has 0 aliphatic carbocycles. The van der Waals surface area contributed by atoms with Crippen molar-refractivity contribution in [1.82, 2.24) is 15.0 Å². The minimum atomic E-state index is -4.56. The third-order valence-electron chi connectivity index (χ3n) is 3.95. The van der Waals surface area contributed by atoms with E-state index >= 15 is 0 Å². The average Bonchev–Trinajstić information content (AvgIpc) is 2.73. The molecule has 0 fully saturated rings. The summed E-state index contributed by atoms with van der Waals surface area (Å²) in [5.74, 6) is -0.476. The van der Waals surface area contributed by atoms with Gasteiger partial charge >= 0.3 is 18.2 Å². The van der Waals surface area contributed by atoms with E-state index in [9.17, 15) is 18.0 Å². The molecule has 0 saturated carbocycles. The van der Waals surface area contributed by atoms with Crippen LogP contribution in [0.2, 0.25) is 5.28 Å². The van der Waals surface area contributed by atoms with Crippen LogP contribution in [-0.4, -0.2) is 54.0 Å². The molecule has 0 bridgehead atoms. The van der Waals surface area contributed by atoms with E-state index < -0.39 is 24.8 Å². The first kappa shape index (κ1) is 25.4. The van der Waals surface area contributed by atoms with E-state index in [-0.39, 0.29) is 22.5 Å². The van der Waals surface area contributed by atoms with E-state index in [1.165, 1.54) is 25.3 Å². The second kappa shape index (κ2) is 12.2. The number of alkyl halides is 3. The first-order chi connectivity index (χ1) is 15.2. The second-order valence-electron chi connectivity index (χ2n) is 6.49. The molecule has 176 valence electrons. The smallest absolute Gasteiger partial charge is 0.422 e. The van der Waals surface area contributed by atoms with Gasteiger partial charge in [-0.3, -0.25) is 0 Å². The Balaban J connectivity index is 2.13. The maximum atomic E-state index is 12.4. The number of hydrogen-bond acceptors (Lipinski definition) is 9. The number of unbranched alkanes of at least 4 members (excludes halogenated alkanes) is 3. The number of carbonyl (C=O) groups is 1. The van der Waals surface area contributed by atoms with Crippen molar-refractivity contribution in [3.63, 3.8) is 0 Å². The summed E-state index contributed by atoms with van der Waals surface area (Å²) in [6.45, 7) is -0.583. The molecule has 0 saturated heterocycles. The van der Waals surface area contributed by atoms with Crippen LogP contribution >= 0.6 is 11.6 Å². The van der Waals surface area contributed by atoms with Crippen LogP contribution < -0.4 is 20.5 Å². The van der Waals surface area contributed by atoms with Gasteiger partial charge < -0.3 is 25.3 Å². The largest absolute Gasteiger partial charge is 0.493 e. The Morgan fingerprint density at radius 1 is 1.12 bits per heavy atom. The highest BCUT2D eigenvalue weighted by atomic mass is 35.5. The quantitative estimate of drug-likeness (QED) is 0.346. The maximum Gasteiger partial charge on any atom is 0.422 e. The molecule has 0 atom stereocenters. The lowest BCUT2D eigenvalue weighted by Gasteiger charge is -2.13. The van der Waals surface area contributed by atoms with Gasteiger partial charge in [-0.15, -0.1) is 0 Å². The predicted octanol–water partition coefficient (Wildman–Crippen LogP) is 3.89. The van der Waals surface area contributed by atoms with Crippen LogP contribution in [0.25, 0.3) is 0 Å². The molecule has 9 nitrogen and oxygen atoms in total. The molecule has 2 aromatic rings. The third kappa shape index (κ3) is 8.71. The molecule has 0 radical (unpaired) electrons. The number of benzene rings is 1. The van der Waals surface area contributed by atoms with Gasteiger partial charge in [0, 0.05) is 11.8 Å². The van der Waals surface area contributed by atoms with E-state index in [0.717, 1.165) is 25.7 Å². The first-order valence-corrected chi connectivity index (χ1v) is 10.0. The lowest BCUT2D eigenvalue weighted by atomic mass is 10.1. The zero-order chi connectivity index (χ0) is 23.6. The molecule has 1 aromatic heterocycles. The fourth-order valence-corrected chi connectivity index (χ4v) is 2.66. The Kier molecular flexibility index (Phi) is 9.72. The molecule has 1 heterocycles. The molecule has 13 heteroatoms. The SMILES string of the molecule is COC(=O)c1ccc(Nc2nc(Cl)nc(OCC(F)(F)F)n2)cc1OCCCCCCN. The number of nitrogens with one attached hydrogen (secondary N) is 1. The monoisotopic (exact) mass is 477 g/mol. The van der Waals surface area contributed by atoms with E-state index in [1.54, 1.807) is 0 Å². The minimum absolute atomic E-state index is 0.152. The summed E-state index contributed by atoms with van der Waals surface area (Å²) < 4.78 is 52.1. The Bertz CT molecular complexity index is 902. The number of nitrogens with zero attached hydrogens (tertiary/aromatic N) is 3. The average molecular weight is 478 g/mol. The number of nitrogens with two attached hydrogens (primary N) is 1. The van der Waals surface area contributed by atoms with Crippen LogP contribution in [0.15, 0.2) is 18.2 Å². The fraction of sp³-hybridized carbons (Fsp3) is 0.474. The normalized spacial score (nSPS) is 11.2. The van der Waals surface area contributed by atoms with Crippen molar-refractivity contribution in [2.45, 2.75) is 31.9 Å².